The summed E-state index contributed by atoms with van der Waals surface area (Å²) in [5.41, 5.74) is 3.92. The molecule has 0 N–H and O–H groups in total. The van der Waals surface area contributed by atoms with Crippen LogP contribution in [0.5, 0.6) is 0 Å². The third kappa shape index (κ3) is 1.88. The summed E-state index contributed by atoms with van der Waals surface area (Å²) in [7, 11) is 0. The molecule has 1 unspecified atom stereocenters. The van der Waals surface area contributed by atoms with Crippen LogP contribution in [0.4, 0.5) is 0 Å². The van der Waals surface area contributed by atoms with Gasteiger partial charge in [-0.15, -0.1) is 0 Å². The molecule has 0 saturated carbocycles. The molecule has 1 aromatic rings. The van der Waals surface area contributed by atoms with Crippen LogP contribution in [0.3, 0.4) is 0 Å². The van der Waals surface area contributed by atoms with Crippen molar-refractivity contribution in [2.24, 2.45) is 5.92 Å². The molecule has 17 heavy (non-hydrogen) atoms. The van der Waals surface area contributed by atoms with E-state index in [9.17, 15) is 4.79 Å². The average Bonchev–Trinajstić information content (AvgIpc) is 2.69. The Morgan fingerprint density at radius 3 is 2.65 bits per heavy atom. The van der Waals surface area contributed by atoms with E-state index in [2.05, 4.69) is 18.2 Å². The van der Waals surface area contributed by atoms with Crippen molar-refractivity contribution in [3.8, 4) is 0 Å². The van der Waals surface area contributed by atoms with Crippen LogP contribution in [0, 0.1) is 5.92 Å². The minimum Gasteiger partial charge on any atom is -0.426 e. The van der Waals surface area contributed by atoms with Crippen molar-refractivity contribution in [2.75, 3.05) is 0 Å². The van der Waals surface area contributed by atoms with Gasteiger partial charge in [0, 0.05) is 5.56 Å². The molecule has 0 aromatic heterocycles. The van der Waals surface area contributed by atoms with Crippen LogP contribution in [0.1, 0.15) is 36.5 Å². The van der Waals surface area contributed by atoms with E-state index in [0.29, 0.717) is 0 Å². The smallest absolute Gasteiger partial charge is 0.318 e. The highest BCUT2D eigenvalue weighted by Gasteiger charge is 2.24. The molecule has 2 nitrogen and oxygen atoms in total. The summed E-state index contributed by atoms with van der Waals surface area (Å²) in [5, 5.41) is 0. The first-order chi connectivity index (χ1) is 8.24. The van der Waals surface area contributed by atoms with Crippen LogP contribution in [-0.4, -0.2) is 5.97 Å². The lowest BCUT2D eigenvalue weighted by Gasteiger charge is -2.16. The SMILES string of the molecule is CC1C=C(c2ccc3c(c2)CCCC3)OC1=O. The second-order valence-corrected chi connectivity index (χ2v) is 4.93. The van der Waals surface area contributed by atoms with E-state index in [1.54, 1.807) is 0 Å². The quantitative estimate of drug-likeness (QED) is 0.690. The topological polar surface area (TPSA) is 26.3 Å². The Kier molecular flexibility index (Phi) is 2.50. The second kappa shape index (κ2) is 4.02. The Bertz CT molecular complexity index is 500. The molecule has 3 rings (SSSR count). The molecular weight excluding hydrogens is 212 g/mol. The third-order valence-corrected chi connectivity index (χ3v) is 3.62. The Hall–Kier alpha value is -1.57. The second-order valence-electron chi connectivity index (χ2n) is 4.93. The van der Waals surface area contributed by atoms with Crippen LogP contribution in [-0.2, 0) is 22.4 Å². The minimum absolute atomic E-state index is 0.110. The van der Waals surface area contributed by atoms with E-state index >= 15 is 0 Å². The summed E-state index contributed by atoms with van der Waals surface area (Å²) in [5.74, 6) is 0.481. The first-order valence-electron chi connectivity index (χ1n) is 6.30. The number of cyclic esters (lactones) is 1. The van der Waals surface area contributed by atoms with Gasteiger partial charge in [0.1, 0.15) is 5.76 Å². The van der Waals surface area contributed by atoms with Crippen molar-refractivity contribution >= 4 is 11.7 Å². The standard InChI is InChI=1S/C15H16O2/c1-10-8-14(17-15(10)16)13-7-6-11-4-2-3-5-12(11)9-13/h6-10H,2-5H2,1H3. The molecular formula is C15H16O2. The lowest BCUT2D eigenvalue weighted by atomic mass is 9.90. The van der Waals surface area contributed by atoms with Gasteiger partial charge in [0.15, 0.2) is 0 Å². The molecule has 0 amide bonds. The van der Waals surface area contributed by atoms with Crippen molar-refractivity contribution in [2.45, 2.75) is 32.6 Å². The van der Waals surface area contributed by atoms with E-state index in [-0.39, 0.29) is 11.9 Å². The lowest BCUT2D eigenvalue weighted by Crippen LogP contribution is -2.04. The van der Waals surface area contributed by atoms with Gasteiger partial charge in [0.25, 0.3) is 0 Å². The predicted octanol–water partition coefficient (Wildman–Crippen LogP) is 3.10. The van der Waals surface area contributed by atoms with Gasteiger partial charge in [-0.1, -0.05) is 12.1 Å². The normalized spacial score (nSPS) is 23.0. The summed E-state index contributed by atoms with van der Waals surface area (Å²) in [6.45, 7) is 1.87. The summed E-state index contributed by atoms with van der Waals surface area (Å²) in [6.07, 6.45) is 6.81. The van der Waals surface area contributed by atoms with E-state index in [1.165, 1.54) is 30.4 Å². The zero-order valence-corrected chi connectivity index (χ0v) is 10.0. The molecule has 1 aromatic carbocycles. The number of fused-ring (bicyclic) bond motifs is 1. The third-order valence-electron chi connectivity index (χ3n) is 3.62. The summed E-state index contributed by atoms with van der Waals surface area (Å²) in [6, 6.07) is 6.44. The van der Waals surface area contributed by atoms with Crippen LogP contribution in [0.2, 0.25) is 0 Å². The molecule has 2 heteroatoms. The van der Waals surface area contributed by atoms with Crippen molar-refractivity contribution in [1.82, 2.24) is 0 Å². The van der Waals surface area contributed by atoms with Crippen LogP contribution in [0.15, 0.2) is 24.3 Å². The van der Waals surface area contributed by atoms with Crippen LogP contribution >= 0.6 is 0 Å². The van der Waals surface area contributed by atoms with Crippen LogP contribution in [0.25, 0.3) is 5.76 Å². The molecule has 2 aliphatic rings. The fourth-order valence-electron chi connectivity index (χ4n) is 2.57. The number of carbonyl (C=O) groups excluding carboxylic acids is 1. The summed E-state index contributed by atoms with van der Waals surface area (Å²) >= 11 is 0. The number of benzene rings is 1. The highest BCUT2D eigenvalue weighted by molar-refractivity contribution is 5.87. The molecule has 88 valence electrons. The number of hydrogen-bond acceptors (Lipinski definition) is 2. The molecule has 1 aliphatic heterocycles. The maximum absolute atomic E-state index is 11.4. The van der Waals surface area contributed by atoms with Crippen molar-refractivity contribution < 1.29 is 9.53 Å². The minimum atomic E-state index is -0.141. The number of carbonyl (C=O) groups is 1. The summed E-state index contributed by atoms with van der Waals surface area (Å²) in [4.78, 5) is 11.4. The van der Waals surface area contributed by atoms with E-state index in [1.807, 2.05) is 13.0 Å². The highest BCUT2D eigenvalue weighted by Crippen LogP contribution is 2.29. The number of hydrogen-bond donors (Lipinski definition) is 0. The highest BCUT2D eigenvalue weighted by atomic mass is 16.5. The van der Waals surface area contributed by atoms with Gasteiger partial charge < -0.3 is 4.74 Å². The molecule has 0 bridgehead atoms. The first kappa shape index (κ1) is 10.6. The van der Waals surface area contributed by atoms with Crippen molar-refractivity contribution in [1.29, 1.82) is 0 Å². The van der Waals surface area contributed by atoms with E-state index < -0.39 is 0 Å². The average molecular weight is 228 g/mol. The Balaban J connectivity index is 1.94. The van der Waals surface area contributed by atoms with Gasteiger partial charge in [0.2, 0.25) is 0 Å². The Morgan fingerprint density at radius 1 is 1.18 bits per heavy atom. The van der Waals surface area contributed by atoms with Gasteiger partial charge in [-0.2, -0.15) is 0 Å². The number of ether oxygens (including phenoxy) is 1. The monoisotopic (exact) mass is 228 g/mol. The largest absolute Gasteiger partial charge is 0.426 e. The molecule has 0 fully saturated rings. The van der Waals surface area contributed by atoms with Gasteiger partial charge in [-0.25, -0.2) is 0 Å². The maximum Gasteiger partial charge on any atom is 0.318 e. The maximum atomic E-state index is 11.4. The van der Waals surface area contributed by atoms with Crippen molar-refractivity contribution in [3.05, 3.63) is 41.0 Å². The summed E-state index contributed by atoms with van der Waals surface area (Å²) < 4.78 is 5.27. The molecule has 0 saturated heterocycles. The Labute approximate surface area is 101 Å². The van der Waals surface area contributed by atoms with Gasteiger partial charge in [-0.05, 0) is 55.9 Å². The number of aryl methyl sites for hydroxylation is 2. The zero-order chi connectivity index (χ0) is 11.8. The predicted molar refractivity (Wildman–Crippen MR) is 66.3 cm³/mol. The number of esters is 1. The van der Waals surface area contributed by atoms with E-state index in [4.69, 9.17) is 4.74 Å². The molecule has 0 spiro atoms. The zero-order valence-electron chi connectivity index (χ0n) is 10.0. The fraction of sp³-hybridized carbons (Fsp3) is 0.400. The lowest BCUT2D eigenvalue weighted by molar-refractivity contribution is -0.137. The molecule has 1 aliphatic carbocycles. The first-order valence-corrected chi connectivity index (χ1v) is 6.30. The van der Waals surface area contributed by atoms with Crippen molar-refractivity contribution in [3.63, 3.8) is 0 Å². The molecule has 1 heterocycles. The number of rotatable bonds is 1. The van der Waals surface area contributed by atoms with Gasteiger partial charge >= 0.3 is 5.97 Å². The van der Waals surface area contributed by atoms with Gasteiger partial charge in [0.05, 0.1) is 5.92 Å². The molecule has 1 atom stereocenters. The fourth-order valence-corrected chi connectivity index (χ4v) is 2.57. The van der Waals surface area contributed by atoms with Crippen LogP contribution < -0.4 is 0 Å². The van der Waals surface area contributed by atoms with E-state index in [0.717, 1.165) is 17.7 Å². The molecule has 0 radical (unpaired) electrons. The van der Waals surface area contributed by atoms with Gasteiger partial charge in [-0.3, -0.25) is 4.79 Å². The Morgan fingerprint density at radius 2 is 1.94 bits per heavy atom.